The van der Waals surface area contributed by atoms with Crippen LogP contribution in [-0.4, -0.2) is 9.55 Å². The van der Waals surface area contributed by atoms with Gasteiger partial charge in [-0.05, 0) is 62.4 Å². The first-order valence-electron chi connectivity index (χ1n) is 5.99. The van der Waals surface area contributed by atoms with Crippen molar-refractivity contribution in [2.75, 3.05) is 0 Å². The molecule has 1 heterocycles. The SMILES string of the molecule is Cc1c(C)c(C)c(-c2nccn2C)c(C)c1C. The fourth-order valence-corrected chi connectivity index (χ4v) is 2.44. The van der Waals surface area contributed by atoms with Crippen molar-refractivity contribution in [2.45, 2.75) is 34.6 Å². The van der Waals surface area contributed by atoms with Crippen LogP contribution in [0.2, 0.25) is 0 Å². The highest BCUT2D eigenvalue weighted by atomic mass is 15.0. The van der Waals surface area contributed by atoms with Gasteiger partial charge >= 0.3 is 0 Å². The molecule has 0 N–H and O–H groups in total. The Bertz CT molecular complexity index is 548. The van der Waals surface area contributed by atoms with Crippen LogP contribution in [0.4, 0.5) is 0 Å². The van der Waals surface area contributed by atoms with Crippen LogP contribution in [0.15, 0.2) is 12.4 Å². The predicted molar refractivity (Wildman–Crippen MR) is 72.3 cm³/mol. The summed E-state index contributed by atoms with van der Waals surface area (Å²) >= 11 is 0. The van der Waals surface area contributed by atoms with Gasteiger partial charge in [-0.25, -0.2) is 4.98 Å². The highest BCUT2D eigenvalue weighted by Gasteiger charge is 2.16. The first-order valence-corrected chi connectivity index (χ1v) is 5.99. The smallest absolute Gasteiger partial charge is 0.140 e. The van der Waals surface area contributed by atoms with E-state index in [-0.39, 0.29) is 0 Å². The quantitative estimate of drug-likeness (QED) is 0.728. The van der Waals surface area contributed by atoms with E-state index in [1.54, 1.807) is 0 Å². The minimum Gasteiger partial charge on any atom is -0.334 e. The van der Waals surface area contributed by atoms with Crippen molar-refractivity contribution in [1.29, 1.82) is 0 Å². The van der Waals surface area contributed by atoms with Gasteiger partial charge in [-0.2, -0.15) is 0 Å². The Morgan fingerprint density at radius 3 is 1.71 bits per heavy atom. The molecule has 90 valence electrons. The van der Waals surface area contributed by atoms with Crippen LogP contribution in [0.1, 0.15) is 27.8 Å². The van der Waals surface area contributed by atoms with Gasteiger partial charge in [-0.1, -0.05) is 0 Å². The van der Waals surface area contributed by atoms with Crippen LogP contribution < -0.4 is 0 Å². The molecule has 0 amide bonds. The molecule has 0 saturated carbocycles. The molecule has 2 rings (SSSR count). The molecule has 2 nitrogen and oxygen atoms in total. The average molecular weight is 228 g/mol. The van der Waals surface area contributed by atoms with Crippen LogP contribution >= 0.6 is 0 Å². The topological polar surface area (TPSA) is 17.8 Å². The van der Waals surface area contributed by atoms with Gasteiger partial charge < -0.3 is 4.57 Å². The number of hydrogen-bond donors (Lipinski definition) is 0. The van der Waals surface area contributed by atoms with E-state index in [1.807, 2.05) is 19.4 Å². The maximum atomic E-state index is 4.48. The molecule has 2 aromatic rings. The maximum absolute atomic E-state index is 4.48. The number of benzene rings is 1. The van der Waals surface area contributed by atoms with Crippen molar-refractivity contribution < 1.29 is 0 Å². The van der Waals surface area contributed by atoms with Crippen molar-refractivity contribution >= 4 is 0 Å². The van der Waals surface area contributed by atoms with Crippen LogP contribution in [0, 0.1) is 34.6 Å². The molecule has 0 atom stereocenters. The van der Waals surface area contributed by atoms with E-state index < -0.39 is 0 Å². The molecule has 2 heteroatoms. The number of aryl methyl sites for hydroxylation is 1. The standard InChI is InChI=1S/C15H20N2/c1-9-10(2)12(4)14(13(5)11(9)3)15-16-7-8-17(15)6/h7-8H,1-6H3. The number of hydrogen-bond acceptors (Lipinski definition) is 1. The molecule has 1 aromatic heterocycles. The zero-order valence-electron chi connectivity index (χ0n) is 11.5. The summed E-state index contributed by atoms with van der Waals surface area (Å²) in [5.74, 6) is 1.06. The molecule has 0 saturated heterocycles. The van der Waals surface area contributed by atoms with E-state index in [9.17, 15) is 0 Å². The van der Waals surface area contributed by atoms with Crippen molar-refractivity contribution in [3.8, 4) is 11.4 Å². The monoisotopic (exact) mass is 228 g/mol. The molecule has 0 unspecified atom stereocenters. The second-order valence-corrected chi connectivity index (χ2v) is 4.86. The Kier molecular flexibility index (Phi) is 2.82. The van der Waals surface area contributed by atoms with Crippen LogP contribution in [0.3, 0.4) is 0 Å². The highest BCUT2D eigenvalue weighted by Crippen LogP contribution is 2.32. The fourth-order valence-electron chi connectivity index (χ4n) is 2.44. The van der Waals surface area contributed by atoms with E-state index in [0.717, 1.165) is 5.82 Å². The Hall–Kier alpha value is -1.57. The first-order chi connectivity index (χ1) is 7.95. The Morgan fingerprint density at radius 1 is 0.824 bits per heavy atom. The number of rotatable bonds is 1. The molecule has 0 spiro atoms. The lowest BCUT2D eigenvalue weighted by molar-refractivity contribution is 0.919. The van der Waals surface area contributed by atoms with Gasteiger partial charge in [0.15, 0.2) is 0 Å². The Labute approximate surface area is 103 Å². The second kappa shape index (κ2) is 4.02. The molecule has 1 aromatic carbocycles. The Balaban J connectivity index is 2.84. The summed E-state index contributed by atoms with van der Waals surface area (Å²) in [5.41, 5.74) is 8.15. The van der Waals surface area contributed by atoms with Gasteiger partial charge in [0.05, 0.1) is 0 Å². The van der Waals surface area contributed by atoms with Crippen molar-refractivity contribution in [3.05, 3.63) is 40.2 Å². The summed E-state index contributed by atoms with van der Waals surface area (Å²) in [6.45, 7) is 11.0. The molecule has 0 bridgehead atoms. The molecule has 0 radical (unpaired) electrons. The largest absolute Gasteiger partial charge is 0.334 e. The highest BCUT2D eigenvalue weighted by molar-refractivity contribution is 5.70. The van der Waals surface area contributed by atoms with Gasteiger partial charge in [-0.3, -0.25) is 0 Å². The average Bonchev–Trinajstić information content (AvgIpc) is 2.71. The van der Waals surface area contributed by atoms with E-state index in [1.165, 1.54) is 33.4 Å². The van der Waals surface area contributed by atoms with Crippen molar-refractivity contribution in [1.82, 2.24) is 9.55 Å². The third-order valence-electron chi connectivity index (χ3n) is 4.04. The van der Waals surface area contributed by atoms with Crippen LogP contribution in [-0.2, 0) is 7.05 Å². The summed E-state index contributed by atoms with van der Waals surface area (Å²) in [6, 6.07) is 0. The lowest BCUT2D eigenvalue weighted by atomic mass is 9.89. The van der Waals surface area contributed by atoms with Crippen molar-refractivity contribution in [2.24, 2.45) is 7.05 Å². The number of imidazole rings is 1. The summed E-state index contributed by atoms with van der Waals surface area (Å²) < 4.78 is 2.09. The zero-order chi connectivity index (χ0) is 12.7. The molecular formula is C15H20N2. The maximum Gasteiger partial charge on any atom is 0.140 e. The van der Waals surface area contributed by atoms with Gasteiger partial charge in [0.25, 0.3) is 0 Å². The van der Waals surface area contributed by atoms with Gasteiger partial charge in [-0.15, -0.1) is 0 Å². The first kappa shape index (κ1) is 11.9. The fraction of sp³-hybridized carbons (Fsp3) is 0.400. The third-order valence-corrected chi connectivity index (χ3v) is 4.04. The molecule has 17 heavy (non-hydrogen) atoms. The molecule has 0 fully saturated rings. The van der Waals surface area contributed by atoms with Crippen molar-refractivity contribution in [3.63, 3.8) is 0 Å². The summed E-state index contributed by atoms with van der Waals surface area (Å²) in [4.78, 5) is 4.48. The molecular weight excluding hydrogens is 208 g/mol. The summed E-state index contributed by atoms with van der Waals surface area (Å²) in [6.07, 6.45) is 3.86. The van der Waals surface area contributed by atoms with E-state index in [4.69, 9.17) is 0 Å². The summed E-state index contributed by atoms with van der Waals surface area (Å²) in [5, 5.41) is 0. The van der Waals surface area contributed by atoms with Gasteiger partial charge in [0.2, 0.25) is 0 Å². The number of aromatic nitrogens is 2. The van der Waals surface area contributed by atoms with Gasteiger partial charge in [0, 0.05) is 25.0 Å². The van der Waals surface area contributed by atoms with E-state index in [0.29, 0.717) is 0 Å². The third kappa shape index (κ3) is 1.68. The lowest BCUT2D eigenvalue weighted by Crippen LogP contribution is -2.02. The normalized spacial score (nSPS) is 10.9. The minimum absolute atomic E-state index is 1.06. The zero-order valence-corrected chi connectivity index (χ0v) is 11.5. The molecule has 0 aliphatic rings. The molecule has 0 aliphatic carbocycles. The minimum atomic E-state index is 1.06. The number of nitrogens with zero attached hydrogens (tertiary/aromatic N) is 2. The molecule has 0 aliphatic heterocycles. The Morgan fingerprint density at radius 2 is 1.29 bits per heavy atom. The van der Waals surface area contributed by atoms with Gasteiger partial charge in [0.1, 0.15) is 5.82 Å². The predicted octanol–water partition coefficient (Wildman–Crippen LogP) is 3.63. The van der Waals surface area contributed by atoms with Crippen LogP contribution in [0.25, 0.3) is 11.4 Å². The van der Waals surface area contributed by atoms with E-state index in [2.05, 4.69) is 44.2 Å². The lowest BCUT2D eigenvalue weighted by Gasteiger charge is -2.18. The van der Waals surface area contributed by atoms with E-state index >= 15 is 0 Å². The summed E-state index contributed by atoms with van der Waals surface area (Å²) in [7, 11) is 2.05. The van der Waals surface area contributed by atoms with Crippen LogP contribution in [0.5, 0.6) is 0 Å². The second-order valence-electron chi connectivity index (χ2n) is 4.86.